The van der Waals surface area contributed by atoms with Crippen molar-refractivity contribution in [2.75, 3.05) is 6.61 Å². The van der Waals surface area contributed by atoms with E-state index < -0.39 is 43.1 Å². The van der Waals surface area contributed by atoms with E-state index >= 15 is 0 Å². The molecule has 1 saturated heterocycles. The van der Waals surface area contributed by atoms with E-state index in [0.717, 1.165) is 0 Å². The molecule has 28 heavy (non-hydrogen) atoms. The molecule has 0 aromatic heterocycles. The lowest BCUT2D eigenvalue weighted by molar-refractivity contribution is -0.277. The highest BCUT2D eigenvalue weighted by Gasteiger charge is 2.45. The quantitative estimate of drug-likeness (QED) is 0.365. The number of aliphatic hydroxyl groups is 4. The minimum absolute atomic E-state index is 0.0365. The van der Waals surface area contributed by atoms with Gasteiger partial charge in [0.25, 0.3) is 0 Å². The average Bonchev–Trinajstić information content (AvgIpc) is 2.66. The largest absolute Gasteiger partial charge is 0.507 e. The van der Waals surface area contributed by atoms with Gasteiger partial charge in [0.15, 0.2) is 6.29 Å². The van der Waals surface area contributed by atoms with E-state index in [2.05, 4.69) is 0 Å². The average molecular weight is 398 g/mol. The van der Waals surface area contributed by atoms with Crippen LogP contribution in [0.1, 0.15) is 35.3 Å². The molecule has 0 saturated carbocycles. The first kappa shape index (κ1) is 22.1. The Morgan fingerprint density at radius 1 is 1.07 bits per heavy atom. The van der Waals surface area contributed by atoms with Crippen LogP contribution in [0.3, 0.4) is 0 Å². The minimum atomic E-state index is -1.71. The molecule has 0 bridgehead atoms. The maximum atomic E-state index is 11.6. The molecule has 0 radical (unpaired) electrons. The number of ether oxygens (including phenoxy) is 2. The number of carbonyl (C=O) groups excluding carboxylic acids is 1. The fourth-order valence-corrected chi connectivity index (χ4v) is 2.86. The molecule has 0 amide bonds. The number of carbonyl (C=O) groups is 1. The zero-order chi connectivity index (χ0) is 21.2. The minimum Gasteiger partial charge on any atom is -0.507 e. The first-order valence-electron chi connectivity index (χ1n) is 8.83. The van der Waals surface area contributed by atoms with Crippen molar-refractivity contribution in [3.63, 3.8) is 0 Å². The molecule has 1 aliphatic rings. The van der Waals surface area contributed by atoms with Crippen molar-refractivity contribution in [1.29, 1.82) is 0 Å². The summed E-state index contributed by atoms with van der Waals surface area (Å²) in [5.41, 5.74) is -0.148. The monoisotopic (exact) mass is 398 g/mol. The molecule has 0 unspecified atom stereocenters. The van der Waals surface area contributed by atoms with Gasteiger partial charge in [-0.05, 0) is 12.8 Å². The second kappa shape index (κ2) is 8.89. The predicted molar refractivity (Wildman–Crippen MR) is 98.2 cm³/mol. The van der Waals surface area contributed by atoms with Gasteiger partial charge in [0, 0.05) is 5.56 Å². The first-order chi connectivity index (χ1) is 13.1. The van der Waals surface area contributed by atoms with Crippen LogP contribution >= 0.6 is 0 Å². The fourth-order valence-electron chi connectivity index (χ4n) is 2.86. The van der Waals surface area contributed by atoms with Gasteiger partial charge in [-0.2, -0.15) is 0 Å². The van der Waals surface area contributed by atoms with E-state index in [1.54, 1.807) is 6.08 Å². The SMILES string of the molecule is Cc1c(O)c(/C=C/C(C)C)c(O)c(C=O)c1O[C@@H]1O[C@H](CO)[C@@H](O)[C@H](O)[C@H]1O. The Morgan fingerprint density at radius 3 is 2.25 bits per heavy atom. The second-order valence-electron chi connectivity index (χ2n) is 7.01. The van der Waals surface area contributed by atoms with Crippen LogP contribution in [0, 0.1) is 12.8 Å². The molecule has 2 rings (SSSR count). The van der Waals surface area contributed by atoms with Gasteiger partial charge in [0.1, 0.15) is 41.7 Å². The summed E-state index contributed by atoms with van der Waals surface area (Å²) in [7, 11) is 0. The maximum Gasteiger partial charge on any atom is 0.229 e. The van der Waals surface area contributed by atoms with Gasteiger partial charge in [0.2, 0.25) is 6.29 Å². The van der Waals surface area contributed by atoms with Crippen LogP contribution in [0.4, 0.5) is 0 Å². The van der Waals surface area contributed by atoms with Crippen LogP contribution in [0.15, 0.2) is 6.08 Å². The van der Waals surface area contributed by atoms with Crippen molar-refractivity contribution in [2.24, 2.45) is 5.92 Å². The van der Waals surface area contributed by atoms with Gasteiger partial charge in [-0.25, -0.2) is 0 Å². The number of hydrogen-bond acceptors (Lipinski definition) is 9. The van der Waals surface area contributed by atoms with E-state index in [4.69, 9.17) is 9.47 Å². The number of phenolic OH excluding ortho intramolecular Hbond substituents is 2. The highest BCUT2D eigenvalue weighted by atomic mass is 16.7. The third-order valence-corrected chi connectivity index (χ3v) is 4.55. The molecule has 1 aromatic carbocycles. The number of allylic oxidation sites excluding steroid dienone is 1. The lowest BCUT2D eigenvalue weighted by atomic mass is 9.98. The molecule has 1 heterocycles. The predicted octanol–water partition coefficient (Wildman–Crippen LogP) is 0.0666. The summed E-state index contributed by atoms with van der Waals surface area (Å²) in [6, 6.07) is 0. The summed E-state index contributed by atoms with van der Waals surface area (Å²) in [6.07, 6.45) is -4.20. The summed E-state index contributed by atoms with van der Waals surface area (Å²) < 4.78 is 10.7. The fraction of sp³-hybridized carbons (Fsp3) is 0.526. The van der Waals surface area contributed by atoms with Gasteiger partial charge < -0.3 is 40.1 Å². The molecular formula is C19H26O9. The lowest BCUT2D eigenvalue weighted by Crippen LogP contribution is -2.60. The smallest absolute Gasteiger partial charge is 0.229 e. The van der Waals surface area contributed by atoms with Gasteiger partial charge in [-0.15, -0.1) is 0 Å². The Labute approximate surface area is 162 Å². The van der Waals surface area contributed by atoms with Gasteiger partial charge >= 0.3 is 0 Å². The van der Waals surface area contributed by atoms with Crippen molar-refractivity contribution >= 4 is 12.4 Å². The molecule has 1 fully saturated rings. The Morgan fingerprint density at radius 2 is 1.71 bits per heavy atom. The van der Waals surface area contributed by atoms with E-state index in [1.807, 2.05) is 13.8 Å². The second-order valence-corrected chi connectivity index (χ2v) is 7.01. The number of hydrogen-bond donors (Lipinski definition) is 6. The molecule has 5 atom stereocenters. The lowest BCUT2D eigenvalue weighted by Gasteiger charge is -2.39. The summed E-state index contributed by atoms with van der Waals surface area (Å²) in [4.78, 5) is 11.6. The molecule has 9 heteroatoms. The van der Waals surface area contributed by atoms with Crippen LogP contribution in [-0.2, 0) is 4.74 Å². The van der Waals surface area contributed by atoms with Crippen LogP contribution in [0.5, 0.6) is 17.2 Å². The standard InChI is InChI=1S/C19H26O9/c1-8(2)4-5-10-13(22)9(3)18(11(6-20)14(10)23)28-19-17(26)16(25)15(24)12(7-21)27-19/h4-6,8,12,15-17,19,21-26H,7H2,1-3H3/b5-4+/t12-,15-,16+,17-,19+/m1/s1. The molecular weight excluding hydrogens is 372 g/mol. The van der Waals surface area contributed by atoms with E-state index in [-0.39, 0.29) is 34.1 Å². The molecule has 1 aliphatic heterocycles. The molecule has 1 aromatic rings. The Balaban J connectivity index is 2.47. The number of rotatable bonds is 6. The summed E-state index contributed by atoms with van der Waals surface area (Å²) in [5.74, 6) is -0.978. The van der Waals surface area contributed by atoms with Crippen LogP contribution in [0.2, 0.25) is 0 Å². The molecule has 6 N–H and O–H groups in total. The highest BCUT2D eigenvalue weighted by Crippen LogP contribution is 2.43. The van der Waals surface area contributed by atoms with E-state index in [0.29, 0.717) is 6.29 Å². The van der Waals surface area contributed by atoms with Gasteiger partial charge in [-0.3, -0.25) is 4.79 Å². The van der Waals surface area contributed by atoms with E-state index in [9.17, 15) is 35.4 Å². The summed E-state index contributed by atoms with van der Waals surface area (Å²) in [6.45, 7) is 4.58. The van der Waals surface area contributed by atoms with E-state index in [1.165, 1.54) is 13.0 Å². The topological polar surface area (TPSA) is 157 Å². The van der Waals surface area contributed by atoms with Crippen molar-refractivity contribution in [2.45, 2.75) is 51.5 Å². The zero-order valence-electron chi connectivity index (χ0n) is 15.8. The maximum absolute atomic E-state index is 11.6. The Kier molecular flexibility index (Phi) is 7.02. The Bertz CT molecular complexity index is 742. The number of aliphatic hydroxyl groups excluding tert-OH is 4. The zero-order valence-corrected chi connectivity index (χ0v) is 15.8. The Hall–Kier alpha value is -2.17. The molecule has 9 nitrogen and oxygen atoms in total. The van der Waals surface area contributed by atoms with Gasteiger partial charge in [0.05, 0.1) is 17.7 Å². The van der Waals surface area contributed by atoms with Crippen LogP contribution in [-0.4, -0.2) is 74.2 Å². The molecule has 0 spiro atoms. The number of aldehydes is 1. The number of aromatic hydroxyl groups is 2. The highest BCUT2D eigenvalue weighted by molar-refractivity contribution is 5.89. The van der Waals surface area contributed by atoms with Crippen molar-refractivity contribution in [3.8, 4) is 17.2 Å². The third-order valence-electron chi connectivity index (χ3n) is 4.55. The summed E-state index contributed by atoms with van der Waals surface area (Å²) in [5, 5.41) is 59.9. The van der Waals surface area contributed by atoms with Crippen molar-refractivity contribution in [1.82, 2.24) is 0 Å². The number of benzene rings is 1. The van der Waals surface area contributed by atoms with Crippen molar-refractivity contribution in [3.05, 3.63) is 22.8 Å². The van der Waals surface area contributed by atoms with Crippen LogP contribution < -0.4 is 4.74 Å². The van der Waals surface area contributed by atoms with Gasteiger partial charge in [-0.1, -0.05) is 26.0 Å². The third kappa shape index (κ3) is 4.13. The van der Waals surface area contributed by atoms with Crippen molar-refractivity contribution < 1.29 is 44.9 Å². The number of phenols is 2. The molecule has 156 valence electrons. The normalized spacial score (nSPS) is 28.1. The van der Waals surface area contributed by atoms with Crippen LogP contribution in [0.25, 0.3) is 6.08 Å². The summed E-state index contributed by atoms with van der Waals surface area (Å²) >= 11 is 0. The first-order valence-corrected chi connectivity index (χ1v) is 8.83. The molecule has 0 aliphatic carbocycles.